The first kappa shape index (κ1) is 43.5. The second-order valence-electron chi connectivity index (χ2n) is 16.0. The Morgan fingerprint density at radius 3 is 2.31 bits per heavy atom. The van der Waals surface area contributed by atoms with Gasteiger partial charge < -0.3 is 44.5 Å². The minimum Gasteiger partial charge on any atom is -0.459 e. The second kappa shape index (κ2) is 18.1. The molecule has 2 saturated heterocycles. The molecule has 12 heteroatoms. The molecule has 2 aromatic rings. The van der Waals surface area contributed by atoms with Crippen molar-refractivity contribution in [3.05, 3.63) is 54.1 Å². The number of nitrogens with one attached hydrogen (secondary N) is 1. The van der Waals surface area contributed by atoms with Crippen molar-refractivity contribution in [1.82, 2.24) is 10.2 Å². The Morgan fingerprint density at radius 1 is 0.981 bits per heavy atom. The number of benzene rings is 2. The maximum absolute atomic E-state index is 14.4. The third kappa shape index (κ3) is 9.76. The van der Waals surface area contributed by atoms with Gasteiger partial charge in [-0.25, -0.2) is 0 Å². The number of hydrogen-bond acceptors (Lipinski definition) is 11. The number of hydrogen-bond donors (Lipinski definition) is 4. The third-order valence-corrected chi connectivity index (χ3v) is 11.3. The average molecular weight is 755 g/mol. The first-order valence-electron chi connectivity index (χ1n) is 19.2. The molecular formula is C42H62N2O10. The molecule has 2 aromatic carbocycles. The van der Waals surface area contributed by atoms with Crippen LogP contribution in [-0.2, 0) is 33.3 Å². The molecule has 0 saturated carbocycles. The van der Waals surface area contributed by atoms with Crippen molar-refractivity contribution in [3.8, 4) is 0 Å². The number of esters is 1. The van der Waals surface area contributed by atoms with Gasteiger partial charge in [0, 0.05) is 18.0 Å². The molecule has 0 aromatic heterocycles. The molecule has 0 radical (unpaired) electrons. The van der Waals surface area contributed by atoms with Crippen molar-refractivity contribution in [2.24, 2.45) is 17.8 Å². The molecule has 300 valence electrons. The molecule has 54 heavy (non-hydrogen) atoms. The lowest BCUT2D eigenvalue weighted by Crippen LogP contribution is -2.60. The third-order valence-electron chi connectivity index (χ3n) is 11.3. The number of aliphatic hydroxyl groups is 3. The lowest BCUT2D eigenvalue weighted by Gasteiger charge is -2.47. The number of ketones is 1. The fourth-order valence-electron chi connectivity index (χ4n) is 8.05. The lowest BCUT2D eigenvalue weighted by atomic mass is 9.79. The van der Waals surface area contributed by atoms with Crippen LogP contribution in [0.1, 0.15) is 80.2 Å². The number of Topliss-reactive ketones (excluding diaryl/α,β-unsaturated/α-hetero) is 1. The van der Waals surface area contributed by atoms with Gasteiger partial charge in [-0.1, -0.05) is 75.4 Å². The molecular weight excluding hydrogens is 692 g/mol. The van der Waals surface area contributed by atoms with Crippen LogP contribution in [0.15, 0.2) is 48.5 Å². The lowest BCUT2D eigenvalue weighted by molar-refractivity contribution is -0.296. The van der Waals surface area contributed by atoms with E-state index in [0.717, 1.165) is 16.3 Å². The molecule has 2 aliphatic rings. The largest absolute Gasteiger partial charge is 0.459 e. The van der Waals surface area contributed by atoms with Crippen molar-refractivity contribution in [1.29, 1.82) is 0 Å². The summed E-state index contributed by atoms with van der Waals surface area (Å²) in [6.07, 6.45) is -1.82. The summed E-state index contributed by atoms with van der Waals surface area (Å²) in [7, 11) is 3.73. The van der Waals surface area contributed by atoms with Gasteiger partial charge in [-0.3, -0.25) is 14.4 Å². The van der Waals surface area contributed by atoms with Crippen LogP contribution < -0.4 is 5.32 Å². The molecule has 1 amide bonds. The van der Waals surface area contributed by atoms with Gasteiger partial charge in [0.1, 0.15) is 23.7 Å². The molecule has 2 aliphatic heterocycles. The summed E-state index contributed by atoms with van der Waals surface area (Å²) >= 11 is 0. The summed E-state index contributed by atoms with van der Waals surface area (Å²) in [5.74, 6) is -5.34. The van der Waals surface area contributed by atoms with Gasteiger partial charge in [-0.2, -0.15) is 0 Å². The molecule has 12 nitrogen and oxygen atoms in total. The molecule has 0 aliphatic carbocycles. The van der Waals surface area contributed by atoms with Crippen LogP contribution in [0.4, 0.5) is 0 Å². The van der Waals surface area contributed by atoms with E-state index in [0.29, 0.717) is 6.42 Å². The van der Waals surface area contributed by atoms with E-state index in [-0.39, 0.29) is 31.6 Å². The summed E-state index contributed by atoms with van der Waals surface area (Å²) in [5, 5.41) is 39.3. The molecule has 0 spiro atoms. The van der Waals surface area contributed by atoms with Crippen LogP contribution in [0.2, 0.25) is 0 Å². The Kier molecular flexibility index (Phi) is 14.6. The van der Waals surface area contributed by atoms with Gasteiger partial charge in [0.25, 0.3) is 0 Å². The number of amides is 1. The quantitative estimate of drug-likeness (QED) is 0.225. The van der Waals surface area contributed by atoms with Gasteiger partial charge >= 0.3 is 5.97 Å². The first-order valence-corrected chi connectivity index (χ1v) is 19.2. The van der Waals surface area contributed by atoms with Crippen molar-refractivity contribution in [2.75, 3.05) is 20.7 Å². The van der Waals surface area contributed by atoms with E-state index >= 15 is 0 Å². The predicted octanol–water partition coefficient (Wildman–Crippen LogP) is 4.26. The van der Waals surface area contributed by atoms with E-state index in [1.54, 1.807) is 27.7 Å². The molecule has 2 fully saturated rings. The van der Waals surface area contributed by atoms with Gasteiger partial charge in [-0.15, -0.1) is 0 Å². The van der Waals surface area contributed by atoms with Crippen LogP contribution in [-0.4, -0.2) is 119 Å². The van der Waals surface area contributed by atoms with Crippen molar-refractivity contribution >= 4 is 34.5 Å². The van der Waals surface area contributed by atoms with Crippen LogP contribution in [0.3, 0.4) is 0 Å². The Bertz CT molecular complexity index is 1620. The zero-order valence-corrected chi connectivity index (χ0v) is 33.5. The highest BCUT2D eigenvalue weighted by Gasteiger charge is 2.51. The second-order valence-corrected chi connectivity index (χ2v) is 16.0. The van der Waals surface area contributed by atoms with Crippen molar-refractivity contribution in [2.45, 2.75) is 135 Å². The zero-order valence-electron chi connectivity index (χ0n) is 33.5. The minimum atomic E-state index is -2.01. The molecule has 0 bridgehead atoms. The van der Waals surface area contributed by atoms with Crippen LogP contribution in [0, 0.1) is 17.8 Å². The summed E-state index contributed by atoms with van der Waals surface area (Å²) in [4.78, 5) is 43.5. The number of fused-ring (bicyclic) bond motifs is 1. The van der Waals surface area contributed by atoms with E-state index < -0.39 is 83.4 Å². The predicted molar refractivity (Wildman–Crippen MR) is 206 cm³/mol. The van der Waals surface area contributed by atoms with Crippen molar-refractivity contribution in [3.63, 3.8) is 0 Å². The molecule has 4 N–H and O–H groups in total. The Morgan fingerprint density at radius 2 is 1.65 bits per heavy atom. The van der Waals surface area contributed by atoms with Crippen molar-refractivity contribution < 1.29 is 48.7 Å². The zero-order chi connectivity index (χ0) is 40.1. The highest BCUT2D eigenvalue weighted by Crippen LogP contribution is 2.36. The highest BCUT2D eigenvalue weighted by molar-refractivity contribution is 6.00. The summed E-state index contributed by atoms with van der Waals surface area (Å²) < 4.78 is 25.3. The maximum atomic E-state index is 14.4. The number of likely N-dealkylation sites (N-methyl/N-ethyl adjacent to an activating group) is 1. The van der Waals surface area contributed by atoms with Gasteiger partial charge in [0.15, 0.2) is 12.1 Å². The van der Waals surface area contributed by atoms with Crippen LogP contribution in [0.25, 0.3) is 16.8 Å². The number of carbonyl (C=O) groups excluding carboxylic acids is 3. The SMILES string of the molecule is CCC1OC(=O)[C@H](C)C(=O)[C@H](C)[C@@H](O[C@@H]2O[C@H](C)C[C@H](N(C)C)[C@H]2O)[C@](C)(OC/C=C/c2cccc3ccccc23)C[C@@H](C)NC(=O)[C@H](C)[C@@H](O)[C@]1(C)O. The van der Waals surface area contributed by atoms with Gasteiger partial charge in [0.05, 0.1) is 36.4 Å². The topological polar surface area (TPSA) is 164 Å². The summed E-state index contributed by atoms with van der Waals surface area (Å²) in [6.45, 7) is 13.1. The fraction of sp³-hybridized carbons (Fsp3) is 0.643. The number of rotatable bonds is 8. The number of aliphatic hydroxyl groups excluding tert-OH is 2. The first-order chi connectivity index (χ1) is 25.3. The number of cyclic esters (lactones) is 1. The smallest absolute Gasteiger partial charge is 0.316 e. The fourth-order valence-corrected chi connectivity index (χ4v) is 8.05. The van der Waals surface area contributed by atoms with E-state index in [1.165, 1.54) is 20.8 Å². The van der Waals surface area contributed by atoms with E-state index in [1.807, 2.05) is 80.5 Å². The monoisotopic (exact) mass is 754 g/mol. The van der Waals surface area contributed by atoms with E-state index in [4.69, 9.17) is 18.9 Å². The standard InChI is InChI=1S/C42H62N2O10/c1-11-33-42(8,50)36(47)28(6)38(48)43-24(2)23-41(7,51-21-15-19-30-18-14-17-29-16-12-13-20-31(29)30)37(26(4)34(45)27(5)39(49)53-33)54-40-35(46)32(44(9)10)22-25(3)52-40/h12-20,24-28,32-33,35-37,40,46-47,50H,11,21-23H2,1-10H3,(H,43,48)/b19-15+/t24-,25-,26+,27-,28-,32+,33?,35-,36-,37-,40+,41-,42-/m1/s1. The molecule has 1 unspecified atom stereocenters. The van der Waals surface area contributed by atoms with Gasteiger partial charge in [0.2, 0.25) is 5.91 Å². The summed E-state index contributed by atoms with van der Waals surface area (Å²) in [6, 6.07) is 13.2. The van der Waals surface area contributed by atoms with E-state index in [2.05, 4.69) is 5.32 Å². The van der Waals surface area contributed by atoms with Crippen LogP contribution >= 0.6 is 0 Å². The Hall–Kier alpha value is -3.23. The van der Waals surface area contributed by atoms with E-state index in [9.17, 15) is 29.7 Å². The highest BCUT2D eigenvalue weighted by atomic mass is 16.7. The number of ether oxygens (including phenoxy) is 4. The minimum absolute atomic E-state index is 0.0831. The Labute approximate surface area is 320 Å². The molecule has 4 rings (SSSR count). The molecule has 13 atom stereocenters. The van der Waals surface area contributed by atoms with Gasteiger partial charge in [-0.05, 0) is 84.3 Å². The maximum Gasteiger partial charge on any atom is 0.316 e. The average Bonchev–Trinajstić information content (AvgIpc) is 3.13. The summed E-state index contributed by atoms with van der Waals surface area (Å²) in [5.41, 5.74) is -2.34. The number of nitrogens with zero attached hydrogens (tertiary/aromatic N) is 1. The Balaban J connectivity index is 1.79. The number of carbonyl (C=O) groups is 3. The molecule has 2 heterocycles. The normalized spacial score (nSPS) is 37.9. The van der Waals surface area contributed by atoms with Crippen LogP contribution in [0.5, 0.6) is 0 Å².